The van der Waals surface area contributed by atoms with Gasteiger partial charge >= 0.3 is 5.69 Å². The molecule has 0 aromatic carbocycles. The number of carbonyl (C=O) groups excluding carboxylic acids is 1. The van der Waals surface area contributed by atoms with Crippen LogP contribution in [-0.2, 0) is 14.0 Å². The van der Waals surface area contributed by atoms with Crippen LogP contribution in [-0.4, -0.2) is 50.0 Å². The number of aromatic amines is 1. The number of nitrogens with one attached hydrogen (secondary N) is 1. The molecule has 1 fully saturated rings. The zero-order chi connectivity index (χ0) is 27.5. The van der Waals surface area contributed by atoms with Crippen molar-refractivity contribution in [3.8, 4) is 11.8 Å². The third-order valence-electron chi connectivity index (χ3n) is 8.09. The maximum absolute atomic E-state index is 12.7. The fourth-order valence-corrected chi connectivity index (χ4v) is 5.61. The van der Waals surface area contributed by atoms with E-state index >= 15 is 0 Å². The number of rotatable bonds is 9. The van der Waals surface area contributed by atoms with Gasteiger partial charge in [0.05, 0.1) is 12.7 Å². The molecule has 36 heavy (non-hydrogen) atoms. The molecule has 8 nitrogen and oxygen atoms in total. The van der Waals surface area contributed by atoms with E-state index in [0.29, 0.717) is 19.4 Å². The van der Waals surface area contributed by atoms with Crippen LogP contribution in [0.4, 0.5) is 0 Å². The van der Waals surface area contributed by atoms with E-state index in [1.807, 2.05) is 13.1 Å². The summed E-state index contributed by atoms with van der Waals surface area (Å²) in [6.45, 7) is 19.5. The fourth-order valence-electron chi connectivity index (χ4n) is 3.84. The van der Waals surface area contributed by atoms with Crippen LogP contribution >= 0.6 is 0 Å². The molecule has 1 saturated heterocycles. The standard InChI is InChI=1S/C26H44N2O6Si2/c1-25(2,3)36(8,9)33-18-21-20(16-26(4,5)35(6,7)32)15-22(34-21)28-17-19(13-11-10-12-14-29)23(30)27-24(28)31/h14,17,20-22,32H,10,12,15-16,18H2,1-9H3,(H,27,30,31)/t20?,21-,22-/m1/s1. The molecule has 3 atom stereocenters. The van der Waals surface area contributed by atoms with Gasteiger partial charge in [0.25, 0.3) is 5.56 Å². The molecule has 2 rings (SSSR count). The molecule has 0 spiro atoms. The Bertz CT molecular complexity index is 1100. The molecule has 2 N–H and O–H groups in total. The van der Waals surface area contributed by atoms with E-state index in [4.69, 9.17) is 9.16 Å². The van der Waals surface area contributed by atoms with Crippen LogP contribution in [0.2, 0.25) is 36.3 Å². The van der Waals surface area contributed by atoms with Crippen LogP contribution in [0.15, 0.2) is 15.8 Å². The van der Waals surface area contributed by atoms with Crippen LogP contribution in [0.25, 0.3) is 0 Å². The van der Waals surface area contributed by atoms with Crippen molar-refractivity contribution in [1.29, 1.82) is 0 Å². The van der Waals surface area contributed by atoms with Crippen molar-refractivity contribution in [2.75, 3.05) is 6.61 Å². The molecule has 0 saturated carbocycles. The van der Waals surface area contributed by atoms with Crippen molar-refractivity contribution >= 4 is 22.9 Å². The van der Waals surface area contributed by atoms with E-state index in [2.05, 4.69) is 64.5 Å². The minimum Gasteiger partial charge on any atom is -0.432 e. The first-order chi connectivity index (χ1) is 16.4. The summed E-state index contributed by atoms with van der Waals surface area (Å²) in [5.74, 6) is 5.63. The largest absolute Gasteiger partial charge is 0.432 e. The van der Waals surface area contributed by atoms with Crippen molar-refractivity contribution in [2.24, 2.45) is 5.92 Å². The Morgan fingerprint density at radius 2 is 1.86 bits per heavy atom. The molecular weight excluding hydrogens is 492 g/mol. The molecule has 1 unspecified atom stereocenters. The minimum absolute atomic E-state index is 0.0487. The summed E-state index contributed by atoms with van der Waals surface area (Å²) in [6.07, 6.45) is 3.31. The quantitative estimate of drug-likeness (QED) is 0.212. The normalized spacial score (nSPS) is 21.2. The lowest BCUT2D eigenvalue weighted by molar-refractivity contribution is -0.107. The van der Waals surface area contributed by atoms with Crippen LogP contribution in [0.3, 0.4) is 0 Å². The lowest BCUT2D eigenvalue weighted by Crippen LogP contribution is -2.44. The molecule has 1 aromatic heterocycles. The fraction of sp³-hybridized carbons (Fsp3) is 0.731. The topological polar surface area (TPSA) is 111 Å². The van der Waals surface area contributed by atoms with Crippen LogP contribution < -0.4 is 11.2 Å². The second kappa shape index (κ2) is 11.3. The first-order valence-corrected chi connectivity index (χ1v) is 18.5. The van der Waals surface area contributed by atoms with Gasteiger partial charge in [-0.3, -0.25) is 14.3 Å². The first-order valence-electron chi connectivity index (χ1n) is 12.7. The van der Waals surface area contributed by atoms with Gasteiger partial charge < -0.3 is 18.8 Å². The van der Waals surface area contributed by atoms with Gasteiger partial charge in [-0.05, 0) is 55.0 Å². The van der Waals surface area contributed by atoms with Gasteiger partial charge in [-0.2, -0.15) is 0 Å². The average molecular weight is 537 g/mol. The van der Waals surface area contributed by atoms with E-state index in [-0.39, 0.29) is 34.1 Å². The van der Waals surface area contributed by atoms with Gasteiger partial charge in [-0.25, -0.2) is 4.79 Å². The summed E-state index contributed by atoms with van der Waals surface area (Å²) in [5, 5.41) is -0.219. The number of aldehydes is 1. The molecule has 0 bridgehead atoms. The first kappa shape index (κ1) is 30.4. The predicted molar refractivity (Wildman–Crippen MR) is 147 cm³/mol. The predicted octanol–water partition coefficient (Wildman–Crippen LogP) is 4.16. The lowest BCUT2D eigenvalue weighted by Gasteiger charge is -2.39. The Kier molecular flexibility index (Phi) is 9.57. The van der Waals surface area contributed by atoms with E-state index < -0.39 is 34.1 Å². The van der Waals surface area contributed by atoms with Gasteiger partial charge in [0.15, 0.2) is 16.6 Å². The number of nitrogens with zero attached hydrogens (tertiary/aromatic N) is 1. The second-order valence-electron chi connectivity index (χ2n) is 12.6. The van der Waals surface area contributed by atoms with Crippen molar-refractivity contribution in [3.63, 3.8) is 0 Å². The van der Waals surface area contributed by atoms with E-state index in [1.165, 1.54) is 10.8 Å². The van der Waals surface area contributed by atoms with E-state index in [9.17, 15) is 19.2 Å². The molecule has 1 aromatic rings. The molecule has 0 amide bonds. The molecule has 0 aliphatic carbocycles. The number of aromatic nitrogens is 2. The van der Waals surface area contributed by atoms with Crippen LogP contribution in [0.5, 0.6) is 0 Å². The Balaban J connectivity index is 2.38. The monoisotopic (exact) mass is 536 g/mol. The molecule has 1 aliphatic heterocycles. The highest BCUT2D eigenvalue weighted by atomic mass is 28.4. The molecule has 10 heteroatoms. The summed E-state index contributed by atoms with van der Waals surface area (Å²) in [6, 6.07) is 0. The number of ether oxygens (including phenoxy) is 1. The Hall–Kier alpha value is -1.78. The van der Waals surface area contributed by atoms with Gasteiger partial charge in [-0.1, -0.05) is 46.5 Å². The summed E-state index contributed by atoms with van der Waals surface area (Å²) in [4.78, 5) is 48.8. The third kappa shape index (κ3) is 7.38. The highest BCUT2D eigenvalue weighted by Gasteiger charge is 2.46. The highest BCUT2D eigenvalue weighted by Crippen LogP contribution is 2.47. The Morgan fingerprint density at radius 3 is 2.42 bits per heavy atom. The SMILES string of the molecule is CC(C)(CC1C[C@H](n2cc(C#CCCC=O)c(=O)[nH]c2=O)O[C@@H]1CO[Si](C)(C)C(C)(C)C)[Si](C)(C)O. The number of H-pyrrole nitrogens is 1. The van der Waals surface area contributed by atoms with Gasteiger partial charge in [-0.15, -0.1) is 0 Å². The second-order valence-corrected chi connectivity index (χ2v) is 21.8. The number of hydrogen-bond acceptors (Lipinski definition) is 6. The van der Waals surface area contributed by atoms with Crippen molar-refractivity contribution in [1.82, 2.24) is 9.55 Å². The maximum Gasteiger partial charge on any atom is 0.330 e. The smallest absolute Gasteiger partial charge is 0.330 e. The Morgan fingerprint density at radius 1 is 1.22 bits per heavy atom. The molecule has 2 heterocycles. The van der Waals surface area contributed by atoms with Gasteiger partial charge in [0.1, 0.15) is 18.1 Å². The lowest BCUT2D eigenvalue weighted by atomic mass is 9.90. The number of unbranched alkanes of at least 4 members (excludes halogenated alkanes) is 1. The summed E-state index contributed by atoms with van der Waals surface area (Å²) in [7, 11) is -4.50. The third-order valence-corrected chi connectivity index (χ3v) is 16.1. The summed E-state index contributed by atoms with van der Waals surface area (Å²) in [5.41, 5.74) is -0.952. The summed E-state index contributed by atoms with van der Waals surface area (Å²) >= 11 is 0. The van der Waals surface area contributed by atoms with Crippen molar-refractivity contribution in [2.45, 2.75) is 109 Å². The maximum atomic E-state index is 12.7. The highest BCUT2D eigenvalue weighted by molar-refractivity contribution is 6.74. The van der Waals surface area contributed by atoms with Gasteiger partial charge in [0, 0.05) is 19.0 Å². The zero-order valence-electron chi connectivity index (χ0n) is 23.4. The Labute approximate surface area is 217 Å². The molecule has 1 aliphatic rings. The van der Waals surface area contributed by atoms with Crippen molar-refractivity contribution < 1.29 is 18.8 Å². The summed E-state index contributed by atoms with van der Waals surface area (Å²) < 4.78 is 14.3. The number of carbonyl (C=O) groups is 1. The minimum atomic E-state index is -2.47. The number of hydrogen-bond donors (Lipinski definition) is 2. The van der Waals surface area contributed by atoms with E-state index in [0.717, 1.165) is 12.7 Å². The molecule has 0 radical (unpaired) electrons. The zero-order valence-corrected chi connectivity index (χ0v) is 25.4. The van der Waals surface area contributed by atoms with E-state index in [1.54, 1.807) is 0 Å². The van der Waals surface area contributed by atoms with Crippen LogP contribution in [0.1, 0.15) is 72.1 Å². The van der Waals surface area contributed by atoms with Gasteiger partial charge in [0.2, 0.25) is 0 Å². The average Bonchev–Trinajstić information content (AvgIpc) is 3.11. The van der Waals surface area contributed by atoms with Crippen molar-refractivity contribution in [3.05, 3.63) is 32.6 Å². The van der Waals surface area contributed by atoms with Crippen LogP contribution in [0, 0.1) is 17.8 Å². The molecular formula is C26H44N2O6Si2. The molecule has 202 valence electrons.